The van der Waals surface area contributed by atoms with Crippen molar-refractivity contribution in [1.29, 1.82) is 0 Å². The Morgan fingerprint density at radius 1 is 1.06 bits per heavy atom. The van der Waals surface area contributed by atoms with Crippen LogP contribution in [0.25, 0.3) is 0 Å². The first-order chi connectivity index (χ1) is 16.0. The molecule has 3 aromatic rings. The average molecular weight is 480 g/mol. The maximum atomic E-state index is 13.6. The van der Waals surface area contributed by atoms with Gasteiger partial charge in [0.1, 0.15) is 16.9 Å². The molecule has 2 aliphatic heterocycles. The molecule has 2 amide bonds. The van der Waals surface area contributed by atoms with Crippen molar-refractivity contribution in [3.05, 3.63) is 94.3 Å². The molecule has 1 unspecified atom stereocenters. The maximum Gasteiger partial charge on any atom is 0.256 e. The number of carbonyl (C=O) groups is 2. The molecule has 0 aliphatic carbocycles. The van der Waals surface area contributed by atoms with E-state index in [0.717, 1.165) is 15.4 Å². The van der Waals surface area contributed by atoms with Gasteiger partial charge in [-0.1, -0.05) is 35.7 Å². The highest BCUT2D eigenvalue weighted by Gasteiger charge is 2.23. The van der Waals surface area contributed by atoms with Gasteiger partial charge in [-0.15, -0.1) is 0 Å². The molecule has 9 heteroatoms. The fourth-order valence-corrected chi connectivity index (χ4v) is 5.51. The molecule has 3 aromatic carbocycles. The second kappa shape index (κ2) is 8.84. The molecule has 2 aliphatic rings. The highest BCUT2D eigenvalue weighted by molar-refractivity contribution is 8.03. The minimum atomic E-state index is -0.475. The third-order valence-electron chi connectivity index (χ3n) is 5.18. The van der Waals surface area contributed by atoms with E-state index in [0.29, 0.717) is 22.7 Å². The SMILES string of the molecule is O=C(NCC1=CNC(c2ccc(O)cc2)S1)c1ccc2c(c1)NC(=O)c1cc(F)ccc1S2. The minimum absolute atomic E-state index is 0.0173. The number of nitrogens with one attached hydrogen (secondary N) is 3. The summed E-state index contributed by atoms with van der Waals surface area (Å²) in [7, 11) is 0. The molecular formula is C24H18FN3O3S2. The van der Waals surface area contributed by atoms with Crippen molar-refractivity contribution in [1.82, 2.24) is 10.6 Å². The summed E-state index contributed by atoms with van der Waals surface area (Å²) in [6, 6.07) is 16.2. The maximum absolute atomic E-state index is 13.6. The van der Waals surface area contributed by atoms with Crippen molar-refractivity contribution in [2.45, 2.75) is 15.2 Å². The van der Waals surface area contributed by atoms with Gasteiger partial charge in [-0.05, 0) is 54.1 Å². The Labute approximate surface area is 197 Å². The molecular weight excluding hydrogens is 461 g/mol. The van der Waals surface area contributed by atoms with Crippen LogP contribution in [-0.2, 0) is 0 Å². The number of carbonyl (C=O) groups excluding carboxylic acids is 2. The second-order valence-electron chi connectivity index (χ2n) is 7.46. The molecule has 0 aromatic heterocycles. The number of hydrogen-bond donors (Lipinski definition) is 4. The monoisotopic (exact) mass is 479 g/mol. The van der Waals surface area contributed by atoms with Crippen LogP contribution in [0, 0.1) is 5.82 Å². The zero-order valence-corrected chi connectivity index (χ0v) is 18.7. The van der Waals surface area contributed by atoms with Crippen LogP contribution < -0.4 is 16.0 Å². The Morgan fingerprint density at radius 2 is 1.85 bits per heavy atom. The quantitative estimate of drug-likeness (QED) is 0.428. The van der Waals surface area contributed by atoms with Gasteiger partial charge in [0.05, 0.1) is 17.8 Å². The number of phenols is 1. The number of phenolic OH excluding ortho intramolecular Hbond substituents is 1. The molecule has 2 heterocycles. The van der Waals surface area contributed by atoms with Crippen molar-refractivity contribution in [3.63, 3.8) is 0 Å². The molecule has 0 spiro atoms. The summed E-state index contributed by atoms with van der Waals surface area (Å²) < 4.78 is 13.6. The number of thioether (sulfide) groups is 1. The third-order valence-corrected chi connectivity index (χ3v) is 7.54. The standard InChI is InChI=1S/C24H18FN3O3S2/c25-15-4-8-20-18(10-15)23(31)28-19-9-14(3-7-21(19)33-20)22(30)26-11-17-12-27-24(32-17)13-1-5-16(29)6-2-13/h1-10,12,24,27,29H,11H2,(H,26,30)(H,28,31). The first kappa shape index (κ1) is 21.4. The predicted octanol–water partition coefficient (Wildman–Crippen LogP) is 4.85. The highest BCUT2D eigenvalue weighted by atomic mass is 32.2. The number of halogens is 1. The third kappa shape index (κ3) is 4.55. The van der Waals surface area contributed by atoms with Gasteiger partial charge in [0, 0.05) is 26.5 Å². The van der Waals surface area contributed by atoms with E-state index in [1.165, 1.54) is 23.9 Å². The van der Waals surface area contributed by atoms with Gasteiger partial charge >= 0.3 is 0 Å². The highest BCUT2D eigenvalue weighted by Crippen LogP contribution is 2.40. The van der Waals surface area contributed by atoms with Gasteiger partial charge in [-0.25, -0.2) is 4.39 Å². The number of benzene rings is 3. The number of amides is 2. The first-order valence-corrected chi connectivity index (χ1v) is 11.8. The molecule has 0 fully saturated rings. The number of hydrogen-bond acceptors (Lipinski definition) is 6. The molecule has 0 saturated carbocycles. The van der Waals surface area contributed by atoms with Crippen molar-refractivity contribution < 1.29 is 19.1 Å². The Hall–Kier alpha value is -3.43. The van der Waals surface area contributed by atoms with Crippen molar-refractivity contribution in [2.75, 3.05) is 11.9 Å². The summed E-state index contributed by atoms with van der Waals surface area (Å²) in [5.74, 6) is -0.933. The molecule has 0 radical (unpaired) electrons. The van der Waals surface area contributed by atoms with Crippen LogP contribution >= 0.6 is 23.5 Å². The van der Waals surface area contributed by atoms with E-state index < -0.39 is 11.7 Å². The van der Waals surface area contributed by atoms with Gasteiger partial charge in [0.2, 0.25) is 0 Å². The molecule has 6 nitrogen and oxygen atoms in total. The van der Waals surface area contributed by atoms with E-state index in [2.05, 4.69) is 16.0 Å². The number of aromatic hydroxyl groups is 1. The van der Waals surface area contributed by atoms with Crippen LogP contribution in [-0.4, -0.2) is 23.5 Å². The van der Waals surface area contributed by atoms with Gasteiger partial charge in [-0.2, -0.15) is 0 Å². The lowest BCUT2D eigenvalue weighted by Gasteiger charge is -2.12. The summed E-state index contributed by atoms with van der Waals surface area (Å²) in [6.45, 7) is 0.355. The largest absolute Gasteiger partial charge is 0.508 e. The van der Waals surface area contributed by atoms with Crippen LogP contribution in [0.3, 0.4) is 0 Å². The lowest BCUT2D eigenvalue weighted by molar-refractivity contribution is 0.0956. The van der Waals surface area contributed by atoms with Gasteiger partial charge in [-0.3, -0.25) is 9.59 Å². The molecule has 4 N–H and O–H groups in total. The second-order valence-corrected chi connectivity index (χ2v) is 9.77. The lowest BCUT2D eigenvalue weighted by Crippen LogP contribution is -2.25. The fourth-order valence-electron chi connectivity index (χ4n) is 3.50. The molecule has 0 saturated heterocycles. The Balaban J connectivity index is 1.24. The smallest absolute Gasteiger partial charge is 0.256 e. The minimum Gasteiger partial charge on any atom is -0.508 e. The van der Waals surface area contributed by atoms with Gasteiger partial charge in [0.25, 0.3) is 11.8 Å². The van der Waals surface area contributed by atoms with Crippen LogP contribution in [0.1, 0.15) is 31.7 Å². The summed E-state index contributed by atoms with van der Waals surface area (Å²) in [5.41, 5.74) is 2.22. The van der Waals surface area contributed by atoms with Crippen LogP contribution in [0.15, 0.2) is 81.6 Å². The van der Waals surface area contributed by atoms with E-state index in [9.17, 15) is 19.1 Å². The van der Waals surface area contributed by atoms with Gasteiger partial charge < -0.3 is 21.1 Å². The van der Waals surface area contributed by atoms with Crippen LogP contribution in [0.4, 0.5) is 10.1 Å². The molecule has 5 rings (SSSR count). The number of rotatable bonds is 4. The van der Waals surface area contributed by atoms with E-state index >= 15 is 0 Å². The van der Waals surface area contributed by atoms with E-state index in [1.54, 1.807) is 48.2 Å². The molecule has 33 heavy (non-hydrogen) atoms. The summed E-state index contributed by atoms with van der Waals surface area (Å²) in [5, 5.41) is 18.4. The van der Waals surface area contributed by atoms with E-state index in [1.807, 2.05) is 18.3 Å². The lowest BCUT2D eigenvalue weighted by atomic mass is 10.1. The molecule has 166 valence electrons. The van der Waals surface area contributed by atoms with Crippen LogP contribution in [0.5, 0.6) is 5.75 Å². The first-order valence-electron chi connectivity index (χ1n) is 10.1. The van der Waals surface area contributed by atoms with Crippen molar-refractivity contribution >= 4 is 41.0 Å². The molecule has 1 atom stereocenters. The summed E-state index contributed by atoms with van der Waals surface area (Å²) in [6.07, 6.45) is 1.87. The Morgan fingerprint density at radius 3 is 2.67 bits per heavy atom. The Kier molecular flexibility index (Phi) is 5.74. The molecule has 0 bridgehead atoms. The zero-order valence-electron chi connectivity index (χ0n) is 17.1. The normalized spacial score (nSPS) is 16.6. The van der Waals surface area contributed by atoms with Crippen LogP contribution in [0.2, 0.25) is 0 Å². The van der Waals surface area contributed by atoms with Crippen molar-refractivity contribution in [2.24, 2.45) is 0 Å². The predicted molar refractivity (Wildman–Crippen MR) is 127 cm³/mol. The topological polar surface area (TPSA) is 90.5 Å². The number of fused-ring (bicyclic) bond motifs is 2. The summed E-state index contributed by atoms with van der Waals surface area (Å²) in [4.78, 5) is 27.7. The van der Waals surface area contributed by atoms with Gasteiger partial charge in [0.15, 0.2) is 0 Å². The van der Waals surface area contributed by atoms with E-state index in [4.69, 9.17) is 0 Å². The number of anilines is 1. The van der Waals surface area contributed by atoms with Crippen molar-refractivity contribution in [3.8, 4) is 5.75 Å². The zero-order chi connectivity index (χ0) is 22.9. The Bertz CT molecular complexity index is 1290. The average Bonchev–Trinajstić information content (AvgIpc) is 3.23. The fraction of sp³-hybridized carbons (Fsp3) is 0.0833. The summed E-state index contributed by atoms with van der Waals surface area (Å²) >= 11 is 2.94. The van der Waals surface area contributed by atoms with E-state index in [-0.39, 0.29) is 22.6 Å².